The number of hydrogen-bond donors (Lipinski definition) is 3. The maximum Gasteiger partial charge on any atom is 0.267 e. The lowest BCUT2D eigenvalue weighted by Crippen LogP contribution is -2.14. The molecule has 7 nitrogen and oxygen atoms in total. The third-order valence-corrected chi connectivity index (χ3v) is 3.28. The van der Waals surface area contributed by atoms with Crippen molar-refractivity contribution < 1.29 is 14.3 Å². The van der Waals surface area contributed by atoms with Gasteiger partial charge in [-0.1, -0.05) is 6.07 Å². The van der Waals surface area contributed by atoms with Gasteiger partial charge in [0, 0.05) is 30.2 Å². The lowest BCUT2D eigenvalue weighted by molar-refractivity contribution is -0.114. The fourth-order valence-corrected chi connectivity index (χ4v) is 2.07. The molecule has 0 aliphatic rings. The summed E-state index contributed by atoms with van der Waals surface area (Å²) in [7, 11) is 1.55. The van der Waals surface area contributed by atoms with E-state index in [2.05, 4.69) is 16.0 Å². The van der Waals surface area contributed by atoms with Crippen molar-refractivity contribution in [2.24, 2.45) is 0 Å². The van der Waals surface area contributed by atoms with Gasteiger partial charge in [0.1, 0.15) is 17.4 Å². The molecular formula is C19H18N4O3. The van der Waals surface area contributed by atoms with Gasteiger partial charge in [-0.05, 0) is 42.5 Å². The average Bonchev–Trinajstić information content (AvgIpc) is 2.62. The summed E-state index contributed by atoms with van der Waals surface area (Å²) in [6, 6.07) is 15.5. The first-order chi connectivity index (χ1) is 12.5. The van der Waals surface area contributed by atoms with Crippen molar-refractivity contribution in [1.29, 1.82) is 5.26 Å². The lowest BCUT2D eigenvalue weighted by Gasteiger charge is -2.07. The molecule has 0 spiro atoms. The highest BCUT2D eigenvalue weighted by atomic mass is 16.5. The van der Waals surface area contributed by atoms with E-state index in [1.54, 1.807) is 55.6 Å². The van der Waals surface area contributed by atoms with Crippen LogP contribution in [0.15, 0.2) is 60.3 Å². The highest BCUT2D eigenvalue weighted by Crippen LogP contribution is 2.17. The van der Waals surface area contributed by atoms with Crippen molar-refractivity contribution in [2.75, 3.05) is 23.1 Å². The largest absolute Gasteiger partial charge is 0.497 e. The van der Waals surface area contributed by atoms with Crippen LogP contribution < -0.4 is 20.7 Å². The summed E-state index contributed by atoms with van der Waals surface area (Å²) in [5.74, 6) is -0.0581. The Morgan fingerprint density at radius 2 is 1.73 bits per heavy atom. The molecule has 2 aromatic rings. The fraction of sp³-hybridized carbons (Fsp3) is 0.105. The number of carbonyl (C=O) groups is 2. The molecule has 0 aliphatic carbocycles. The summed E-state index contributed by atoms with van der Waals surface area (Å²) < 4.78 is 5.05. The third kappa shape index (κ3) is 5.39. The molecule has 0 aromatic heterocycles. The smallest absolute Gasteiger partial charge is 0.267 e. The molecule has 0 aliphatic heterocycles. The topological polar surface area (TPSA) is 103 Å². The summed E-state index contributed by atoms with van der Waals surface area (Å²) in [6.07, 6.45) is 1.31. The number of carbonyl (C=O) groups excluding carboxylic acids is 2. The van der Waals surface area contributed by atoms with Crippen molar-refractivity contribution in [2.45, 2.75) is 6.92 Å². The minimum atomic E-state index is -0.539. The fourth-order valence-electron chi connectivity index (χ4n) is 2.07. The molecule has 0 fully saturated rings. The molecule has 0 unspecified atom stereocenters. The second-order valence-corrected chi connectivity index (χ2v) is 5.26. The van der Waals surface area contributed by atoms with Gasteiger partial charge in [0.05, 0.1) is 7.11 Å². The van der Waals surface area contributed by atoms with Gasteiger partial charge in [0.15, 0.2) is 0 Å². The van der Waals surface area contributed by atoms with Crippen LogP contribution in [-0.2, 0) is 9.59 Å². The minimum Gasteiger partial charge on any atom is -0.497 e. The maximum absolute atomic E-state index is 12.2. The van der Waals surface area contributed by atoms with Gasteiger partial charge < -0.3 is 20.7 Å². The molecule has 2 rings (SSSR count). The van der Waals surface area contributed by atoms with Gasteiger partial charge in [-0.15, -0.1) is 0 Å². The van der Waals surface area contributed by atoms with Crippen LogP contribution in [0.1, 0.15) is 6.92 Å². The summed E-state index contributed by atoms with van der Waals surface area (Å²) in [6.45, 7) is 1.41. The van der Waals surface area contributed by atoms with Crippen LogP contribution in [0.3, 0.4) is 0 Å². The van der Waals surface area contributed by atoms with E-state index in [1.165, 1.54) is 13.1 Å². The van der Waals surface area contributed by atoms with Crippen LogP contribution in [0.2, 0.25) is 0 Å². The van der Waals surface area contributed by atoms with Crippen molar-refractivity contribution in [1.82, 2.24) is 0 Å². The Morgan fingerprint density at radius 3 is 2.35 bits per heavy atom. The van der Waals surface area contributed by atoms with E-state index in [0.29, 0.717) is 22.8 Å². The Labute approximate surface area is 151 Å². The number of nitriles is 1. The maximum atomic E-state index is 12.2. The Kier molecular flexibility index (Phi) is 6.34. The highest BCUT2D eigenvalue weighted by Gasteiger charge is 2.09. The molecule has 0 radical (unpaired) electrons. The summed E-state index contributed by atoms with van der Waals surface area (Å²) in [4.78, 5) is 23.3. The molecule has 0 heterocycles. The summed E-state index contributed by atoms with van der Waals surface area (Å²) in [5, 5.41) is 17.4. The number of anilines is 3. The van der Waals surface area contributed by atoms with Crippen molar-refractivity contribution in [3.05, 3.63) is 60.3 Å². The standard InChI is InChI=1S/C19H18N4O3/c1-13(24)22-17-5-3-4-16(10-17)21-12-14(11-20)19(25)23-15-6-8-18(26-2)9-7-15/h3-10,12,21H,1-2H3,(H,22,24)(H,23,25)/b14-12-. The molecule has 2 aromatic carbocycles. The predicted molar refractivity (Wildman–Crippen MR) is 99.7 cm³/mol. The van der Waals surface area contributed by atoms with Gasteiger partial charge in [0.2, 0.25) is 5.91 Å². The van der Waals surface area contributed by atoms with E-state index in [-0.39, 0.29) is 11.5 Å². The average molecular weight is 350 g/mol. The molecule has 7 heteroatoms. The van der Waals surface area contributed by atoms with Crippen molar-refractivity contribution >= 4 is 28.9 Å². The number of nitrogens with zero attached hydrogens (tertiary/aromatic N) is 1. The number of hydrogen-bond acceptors (Lipinski definition) is 5. The monoisotopic (exact) mass is 350 g/mol. The Morgan fingerprint density at radius 1 is 1.04 bits per heavy atom. The van der Waals surface area contributed by atoms with Crippen molar-refractivity contribution in [3.8, 4) is 11.8 Å². The molecule has 26 heavy (non-hydrogen) atoms. The molecule has 0 saturated heterocycles. The quantitative estimate of drug-likeness (QED) is 0.549. The number of nitrogens with one attached hydrogen (secondary N) is 3. The molecular weight excluding hydrogens is 332 g/mol. The SMILES string of the molecule is COc1ccc(NC(=O)/C(C#N)=C\Nc2cccc(NC(C)=O)c2)cc1. The third-order valence-electron chi connectivity index (χ3n) is 3.28. The zero-order valence-corrected chi connectivity index (χ0v) is 14.4. The van der Waals surface area contributed by atoms with Crippen LogP contribution in [-0.4, -0.2) is 18.9 Å². The van der Waals surface area contributed by atoms with Crippen LogP contribution >= 0.6 is 0 Å². The summed E-state index contributed by atoms with van der Waals surface area (Å²) >= 11 is 0. The van der Waals surface area contributed by atoms with E-state index in [0.717, 1.165) is 0 Å². The number of rotatable bonds is 6. The molecule has 0 bridgehead atoms. The Bertz CT molecular complexity index is 867. The van der Waals surface area contributed by atoms with Gasteiger partial charge in [-0.2, -0.15) is 5.26 Å². The number of methoxy groups -OCH3 is 1. The van der Waals surface area contributed by atoms with Crippen LogP contribution in [0, 0.1) is 11.3 Å². The number of amides is 2. The van der Waals surface area contributed by atoms with Gasteiger partial charge >= 0.3 is 0 Å². The van der Waals surface area contributed by atoms with Gasteiger partial charge in [-0.25, -0.2) is 0 Å². The zero-order valence-electron chi connectivity index (χ0n) is 14.4. The van der Waals surface area contributed by atoms with Gasteiger partial charge in [-0.3, -0.25) is 9.59 Å². The minimum absolute atomic E-state index is 0.0919. The van der Waals surface area contributed by atoms with Crippen LogP contribution in [0.25, 0.3) is 0 Å². The number of ether oxygens (including phenoxy) is 1. The van der Waals surface area contributed by atoms with E-state index < -0.39 is 5.91 Å². The normalized spacial score (nSPS) is 10.4. The Hall–Kier alpha value is -3.79. The van der Waals surface area contributed by atoms with Gasteiger partial charge in [0.25, 0.3) is 5.91 Å². The first-order valence-corrected chi connectivity index (χ1v) is 7.71. The van der Waals surface area contributed by atoms with Crippen LogP contribution in [0.5, 0.6) is 5.75 Å². The van der Waals surface area contributed by atoms with Crippen molar-refractivity contribution in [3.63, 3.8) is 0 Å². The highest BCUT2D eigenvalue weighted by molar-refractivity contribution is 6.06. The second kappa shape index (κ2) is 8.89. The first kappa shape index (κ1) is 18.5. The molecule has 2 amide bonds. The molecule has 0 atom stereocenters. The van der Waals surface area contributed by atoms with E-state index in [4.69, 9.17) is 4.74 Å². The lowest BCUT2D eigenvalue weighted by atomic mass is 10.2. The number of benzene rings is 2. The second-order valence-electron chi connectivity index (χ2n) is 5.26. The van der Waals surface area contributed by atoms with E-state index in [1.807, 2.05) is 6.07 Å². The zero-order chi connectivity index (χ0) is 18.9. The molecule has 0 saturated carbocycles. The van der Waals surface area contributed by atoms with E-state index in [9.17, 15) is 14.9 Å². The Balaban J connectivity index is 2.05. The molecule has 132 valence electrons. The van der Waals surface area contributed by atoms with Crippen LogP contribution in [0.4, 0.5) is 17.1 Å². The summed E-state index contributed by atoms with van der Waals surface area (Å²) in [5.41, 5.74) is 1.69. The predicted octanol–water partition coefficient (Wildman–Crippen LogP) is 3.11. The first-order valence-electron chi connectivity index (χ1n) is 7.71. The molecule has 3 N–H and O–H groups in total. The van der Waals surface area contributed by atoms with E-state index >= 15 is 0 Å².